The maximum absolute atomic E-state index is 5.85. The normalized spacial score (nSPS) is 10.6. The Bertz CT molecular complexity index is 753. The molecule has 3 aromatic rings. The topological polar surface area (TPSA) is 24.9 Å². The summed E-state index contributed by atoms with van der Waals surface area (Å²) in [5.74, 6) is 0. The summed E-state index contributed by atoms with van der Waals surface area (Å²) in [7, 11) is 0. The standard InChI is InChI=1S/C17H15ClN2S2/c1-21-15-7-5-12(6-8-15)13-3-2-4-14(9-13)19-10-16-11-20-17(18)22-16/h2-9,11,19H,10H2,1H3. The second-order valence-corrected chi connectivity index (χ2v) is 7.32. The first-order valence-electron chi connectivity index (χ1n) is 6.83. The van der Waals surface area contributed by atoms with Gasteiger partial charge in [-0.05, 0) is 41.6 Å². The molecule has 1 N–H and O–H groups in total. The molecule has 3 rings (SSSR count). The van der Waals surface area contributed by atoms with Gasteiger partial charge in [-0.2, -0.15) is 0 Å². The van der Waals surface area contributed by atoms with E-state index in [-0.39, 0.29) is 0 Å². The van der Waals surface area contributed by atoms with Gasteiger partial charge in [-0.15, -0.1) is 23.1 Å². The predicted octanol–water partition coefficient (Wildman–Crippen LogP) is 5.80. The molecule has 0 aliphatic heterocycles. The maximum atomic E-state index is 5.85. The number of hydrogen-bond acceptors (Lipinski definition) is 4. The van der Waals surface area contributed by atoms with Gasteiger partial charge in [0.15, 0.2) is 4.47 Å². The van der Waals surface area contributed by atoms with Gasteiger partial charge in [-0.1, -0.05) is 35.9 Å². The van der Waals surface area contributed by atoms with Crippen molar-refractivity contribution in [2.45, 2.75) is 11.4 Å². The summed E-state index contributed by atoms with van der Waals surface area (Å²) in [4.78, 5) is 6.45. The molecule has 0 aliphatic rings. The molecule has 0 saturated heterocycles. The lowest BCUT2D eigenvalue weighted by Crippen LogP contribution is -1.97. The lowest BCUT2D eigenvalue weighted by atomic mass is 10.1. The lowest BCUT2D eigenvalue weighted by Gasteiger charge is -2.08. The largest absolute Gasteiger partial charge is 0.380 e. The number of aromatic nitrogens is 1. The molecular weight excluding hydrogens is 332 g/mol. The van der Waals surface area contributed by atoms with Crippen LogP contribution in [0.15, 0.2) is 59.6 Å². The summed E-state index contributed by atoms with van der Waals surface area (Å²) < 4.78 is 0.583. The molecule has 0 unspecified atom stereocenters. The molecule has 0 atom stereocenters. The minimum Gasteiger partial charge on any atom is -0.380 e. The second-order valence-electron chi connectivity index (χ2n) is 4.74. The number of benzene rings is 2. The van der Waals surface area contributed by atoms with Gasteiger partial charge in [0, 0.05) is 21.7 Å². The molecule has 1 heterocycles. The van der Waals surface area contributed by atoms with Crippen molar-refractivity contribution >= 4 is 40.4 Å². The number of hydrogen-bond donors (Lipinski definition) is 1. The van der Waals surface area contributed by atoms with Crippen molar-refractivity contribution in [2.24, 2.45) is 0 Å². The zero-order valence-corrected chi connectivity index (χ0v) is 14.4. The second kappa shape index (κ2) is 7.18. The van der Waals surface area contributed by atoms with Crippen LogP contribution >= 0.6 is 34.7 Å². The molecule has 112 valence electrons. The Morgan fingerprint density at radius 1 is 1.14 bits per heavy atom. The first-order valence-corrected chi connectivity index (χ1v) is 9.25. The van der Waals surface area contributed by atoms with Gasteiger partial charge < -0.3 is 5.32 Å². The third kappa shape index (κ3) is 3.83. The summed E-state index contributed by atoms with van der Waals surface area (Å²) in [5.41, 5.74) is 3.53. The van der Waals surface area contributed by atoms with Crippen LogP contribution in [-0.2, 0) is 6.54 Å². The summed E-state index contributed by atoms with van der Waals surface area (Å²) in [6.07, 6.45) is 3.90. The van der Waals surface area contributed by atoms with Crippen molar-refractivity contribution in [1.82, 2.24) is 4.98 Å². The molecule has 0 saturated carbocycles. The molecule has 1 aromatic heterocycles. The van der Waals surface area contributed by atoms with Crippen molar-refractivity contribution in [2.75, 3.05) is 11.6 Å². The Morgan fingerprint density at radius 2 is 1.95 bits per heavy atom. The highest BCUT2D eigenvalue weighted by molar-refractivity contribution is 7.98. The molecule has 0 fully saturated rings. The van der Waals surface area contributed by atoms with Gasteiger partial charge in [0.25, 0.3) is 0 Å². The number of nitrogens with one attached hydrogen (secondary N) is 1. The van der Waals surface area contributed by atoms with Crippen LogP contribution in [0.3, 0.4) is 0 Å². The molecule has 0 bridgehead atoms. The van der Waals surface area contributed by atoms with E-state index in [1.54, 1.807) is 11.8 Å². The van der Waals surface area contributed by atoms with Gasteiger partial charge >= 0.3 is 0 Å². The van der Waals surface area contributed by atoms with E-state index in [1.807, 2.05) is 6.20 Å². The van der Waals surface area contributed by atoms with Gasteiger partial charge in [-0.3, -0.25) is 0 Å². The fraction of sp³-hybridized carbons (Fsp3) is 0.118. The van der Waals surface area contributed by atoms with Crippen molar-refractivity contribution in [3.63, 3.8) is 0 Å². The number of anilines is 1. The molecule has 2 aromatic carbocycles. The lowest BCUT2D eigenvalue weighted by molar-refractivity contribution is 1.17. The summed E-state index contributed by atoms with van der Waals surface area (Å²) >= 11 is 9.11. The van der Waals surface area contributed by atoms with E-state index in [2.05, 4.69) is 65.1 Å². The van der Waals surface area contributed by atoms with Crippen LogP contribution in [0.2, 0.25) is 4.47 Å². The molecule has 0 radical (unpaired) electrons. The van der Waals surface area contributed by atoms with Crippen LogP contribution in [0.4, 0.5) is 5.69 Å². The van der Waals surface area contributed by atoms with Crippen LogP contribution in [-0.4, -0.2) is 11.2 Å². The van der Waals surface area contributed by atoms with Crippen LogP contribution in [0.1, 0.15) is 4.88 Å². The summed E-state index contributed by atoms with van der Waals surface area (Å²) in [6.45, 7) is 0.735. The first-order chi connectivity index (χ1) is 10.7. The number of thioether (sulfide) groups is 1. The van der Waals surface area contributed by atoms with Crippen molar-refractivity contribution in [1.29, 1.82) is 0 Å². The minimum absolute atomic E-state index is 0.583. The third-order valence-corrected chi connectivity index (χ3v) is 5.14. The zero-order chi connectivity index (χ0) is 15.4. The Balaban J connectivity index is 1.73. The van der Waals surface area contributed by atoms with Crippen LogP contribution in [0.5, 0.6) is 0 Å². The molecule has 0 aliphatic carbocycles. The molecule has 2 nitrogen and oxygen atoms in total. The number of rotatable bonds is 5. The molecule has 5 heteroatoms. The van der Waals surface area contributed by atoms with E-state index < -0.39 is 0 Å². The molecule has 0 spiro atoms. The predicted molar refractivity (Wildman–Crippen MR) is 98.1 cm³/mol. The Morgan fingerprint density at radius 3 is 2.64 bits per heavy atom. The van der Waals surface area contributed by atoms with Crippen LogP contribution in [0, 0.1) is 0 Å². The molecule has 22 heavy (non-hydrogen) atoms. The Hall–Kier alpha value is -1.49. The van der Waals surface area contributed by atoms with Crippen molar-refractivity contribution in [3.05, 3.63) is 64.1 Å². The van der Waals surface area contributed by atoms with E-state index >= 15 is 0 Å². The van der Waals surface area contributed by atoms with Gasteiger partial charge in [0.05, 0.1) is 6.54 Å². The van der Waals surface area contributed by atoms with Crippen LogP contribution < -0.4 is 5.32 Å². The quantitative estimate of drug-likeness (QED) is 0.591. The van der Waals surface area contributed by atoms with E-state index in [1.165, 1.54) is 27.4 Å². The molecule has 0 amide bonds. The number of nitrogens with zero attached hydrogens (tertiary/aromatic N) is 1. The van der Waals surface area contributed by atoms with E-state index in [4.69, 9.17) is 11.6 Å². The molecular formula is C17H15ClN2S2. The monoisotopic (exact) mass is 346 g/mol. The van der Waals surface area contributed by atoms with Crippen molar-refractivity contribution in [3.8, 4) is 11.1 Å². The fourth-order valence-corrected chi connectivity index (χ4v) is 3.47. The maximum Gasteiger partial charge on any atom is 0.183 e. The Kier molecular flexibility index (Phi) is 5.03. The fourth-order valence-electron chi connectivity index (χ4n) is 2.15. The van der Waals surface area contributed by atoms with Crippen molar-refractivity contribution < 1.29 is 0 Å². The summed E-state index contributed by atoms with van der Waals surface area (Å²) in [6, 6.07) is 17.1. The number of thiazole rings is 1. The highest BCUT2D eigenvalue weighted by Gasteiger charge is 2.02. The van der Waals surface area contributed by atoms with Gasteiger partial charge in [0.2, 0.25) is 0 Å². The zero-order valence-electron chi connectivity index (χ0n) is 12.0. The first kappa shape index (κ1) is 15.4. The van der Waals surface area contributed by atoms with E-state index in [9.17, 15) is 0 Å². The van der Waals surface area contributed by atoms with Gasteiger partial charge in [0.1, 0.15) is 0 Å². The average molecular weight is 347 g/mol. The summed E-state index contributed by atoms with van der Waals surface area (Å²) in [5, 5.41) is 3.41. The smallest absolute Gasteiger partial charge is 0.183 e. The SMILES string of the molecule is CSc1ccc(-c2cccc(NCc3cnc(Cl)s3)c2)cc1. The van der Waals surface area contributed by atoms with Crippen LogP contribution in [0.25, 0.3) is 11.1 Å². The third-order valence-electron chi connectivity index (χ3n) is 3.28. The highest BCUT2D eigenvalue weighted by Crippen LogP contribution is 2.26. The van der Waals surface area contributed by atoms with Gasteiger partial charge in [-0.25, -0.2) is 4.98 Å². The Labute approximate surface area is 143 Å². The van der Waals surface area contributed by atoms with E-state index in [0.717, 1.165) is 17.1 Å². The average Bonchev–Trinajstić information content (AvgIpc) is 2.99. The highest BCUT2D eigenvalue weighted by atomic mass is 35.5. The van der Waals surface area contributed by atoms with E-state index in [0.29, 0.717) is 4.47 Å². The number of halogens is 1. The minimum atomic E-state index is 0.583.